The van der Waals surface area contributed by atoms with Crippen molar-refractivity contribution in [2.45, 2.75) is 20.3 Å². The SMILES string of the molecule is CCc1nc2ccc(Cl)cc2c(NC)c1C. The molecule has 0 aliphatic rings. The number of halogens is 1. The minimum absolute atomic E-state index is 0.745. The van der Waals surface area contributed by atoms with E-state index in [0.717, 1.165) is 33.7 Å². The van der Waals surface area contributed by atoms with Gasteiger partial charge in [-0.1, -0.05) is 18.5 Å². The molecule has 0 unspecified atom stereocenters. The van der Waals surface area contributed by atoms with Crippen molar-refractivity contribution in [2.24, 2.45) is 0 Å². The highest BCUT2D eigenvalue weighted by Gasteiger charge is 2.09. The zero-order chi connectivity index (χ0) is 11.7. The summed E-state index contributed by atoms with van der Waals surface area (Å²) in [4.78, 5) is 4.64. The zero-order valence-electron chi connectivity index (χ0n) is 9.76. The van der Waals surface area contributed by atoms with Crippen LogP contribution in [0.25, 0.3) is 10.9 Å². The molecule has 16 heavy (non-hydrogen) atoms. The van der Waals surface area contributed by atoms with Gasteiger partial charge in [0, 0.05) is 28.8 Å². The van der Waals surface area contributed by atoms with Crippen molar-refractivity contribution in [1.82, 2.24) is 4.98 Å². The van der Waals surface area contributed by atoms with Gasteiger partial charge in [-0.25, -0.2) is 0 Å². The number of nitrogens with zero attached hydrogens (tertiary/aromatic N) is 1. The van der Waals surface area contributed by atoms with Crippen molar-refractivity contribution in [1.29, 1.82) is 0 Å². The minimum Gasteiger partial charge on any atom is -0.387 e. The Morgan fingerprint density at radius 1 is 1.38 bits per heavy atom. The number of fused-ring (bicyclic) bond motifs is 1. The fraction of sp³-hybridized carbons (Fsp3) is 0.308. The van der Waals surface area contributed by atoms with Crippen molar-refractivity contribution in [3.63, 3.8) is 0 Å². The highest BCUT2D eigenvalue weighted by molar-refractivity contribution is 6.31. The molecule has 3 heteroatoms. The van der Waals surface area contributed by atoms with Crippen molar-refractivity contribution in [3.05, 3.63) is 34.5 Å². The first-order valence-electron chi connectivity index (χ1n) is 5.43. The number of pyridine rings is 1. The first-order chi connectivity index (χ1) is 7.67. The maximum Gasteiger partial charge on any atom is 0.0727 e. The van der Waals surface area contributed by atoms with Crippen LogP contribution >= 0.6 is 11.6 Å². The smallest absolute Gasteiger partial charge is 0.0727 e. The Balaban J connectivity index is 2.84. The average Bonchev–Trinajstić information content (AvgIpc) is 2.28. The maximum absolute atomic E-state index is 6.02. The lowest BCUT2D eigenvalue weighted by molar-refractivity contribution is 1.03. The van der Waals surface area contributed by atoms with Gasteiger partial charge in [-0.3, -0.25) is 4.98 Å². The van der Waals surface area contributed by atoms with Gasteiger partial charge in [0.05, 0.1) is 5.52 Å². The molecule has 0 aliphatic heterocycles. The summed E-state index contributed by atoms with van der Waals surface area (Å²) in [5.74, 6) is 0. The van der Waals surface area contributed by atoms with E-state index in [0.29, 0.717) is 0 Å². The molecule has 1 heterocycles. The molecular formula is C13H15ClN2. The van der Waals surface area contributed by atoms with E-state index in [9.17, 15) is 0 Å². The van der Waals surface area contributed by atoms with Crippen molar-refractivity contribution >= 4 is 28.2 Å². The van der Waals surface area contributed by atoms with E-state index in [4.69, 9.17) is 11.6 Å². The van der Waals surface area contributed by atoms with Crippen LogP contribution in [0.3, 0.4) is 0 Å². The van der Waals surface area contributed by atoms with E-state index in [1.54, 1.807) is 0 Å². The second-order valence-corrected chi connectivity index (χ2v) is 4.26. The van der Waals surface area contributed by atoms with E-state index in [1.807, 2.05) is 25.2 Å². The Morgan fingerprint density at radius 3 is 2.75 bits per heavy atom. The predicted molar refractivity (Wildman–Crippen MR) is 70.4 cm³/mol. The van der Waals surface area contributed by atoms with Crippen molar-refractivity contribution < 1.29 is 0 Å². The molecule has 0 aliphatic carbocycles. The number of benzene rings is 1. The Kier molecular flexibility index (Phi) is 3.01. The number of aryl methyl sites for hydroxylation is 1. The summed E-state index contributed by atoms with van der Waals surface area (Å²) >= 11 is 6.02. The molecule has 0 fully saturated rings. The number of hydrogen-bond acceptors (Lipinski definition) is 2. The molecule has 1 aromatic heterocycles. The summed E-state index contributed by atoms with van der Waals surface area (Å²) in [5, 5.41) is 5.07. The first-order valence-corrected chi connectivity index (χ1v) is 5.81. The van der Waals surface area contributed by atoms with E-state index in [1.165, 1.54) is 5.56 Å². The summed E-state index contributed by atoms with van der Waals surface area (Å²) in [6.07, 6.45) is 0.944. The van der Waals surface area contributed by atoms with Crippen LogP contribution in [0.15, 0.2) is 18.2 Å². The van der Waals surface area contributed by atoms with Gasteiger partial charge in [0.15, 0.2) is 0 Å². The second kappa shape index (κ2) is 4.30. The number of anilines is 1. The molecule has 0 spiro atoms. The largest absolute Gasteiger partial charge is 0.387 e. The van der Waals surface area contributed by atoms with Gasteiger partial charge in [-0.2, -0.15) is 0 Å². The van der Waals surface area contributed by atoms with Crippen LogP contribution in [0.2, 0.25) is 5.02 Å². The van der Waals surface area contributed by atoms with Gasteiger partial charge >= 0.3 is 0 Å². The molecule has 0 amide bonds. The molecule has 0 bridgehead atoms. The molecule has 1 aromatic carbocycles. The first kappa shape index (κ1) is 11.2. The predicted octanol–water partition coefficient (Wildman–Crippen LogP) is 3.80. The summed E-state index contributed by atoms with van der Waals surface area (Å²) in [5.41, 5.74) is 4.47. The number of hydrogen-bond donors (Lipinski definition) is 1. The van der Waals surface area contributed by atoms with E-state index in [-0.39, 0.29) is 0 Å². The molecule has 84 valence electrons. The molecular weight excluding hydrogens is 220 g/mol. The van der Waals surface area contributed by atoms with E-state index >= 15 is 0 Å². The Labute approximate surface area is 101 Å². The summed E-state index contributed by atoms with van der Waals surface area (Å²) in [6.45, 7) is 4.22. The normalized spacial score (nSPS) is 10.8. The van der Waals surface area contributed by atoms with Crippen molar-refractivity contribution in [2.75, 3.05) is 12.4 Å². The Bertz CT molecular complexity index is 535. The van der Waals surface area contributed by atoms with Crippen LogP contribution in [-0.4, -0.2) is 12.0 Å². The van der Waals surface area contributed by atoms with Gasteiger partial charge < -0.3 is 5.32 Å². The summed E-state index contributed by atoms with van der Waals surface area (Å²) in [6, 6.07) is 5.81. The Hall–Kier alpha value is -1.28. The summed E-state index contributed by atoms with van der Waals surface area (Å²) in [7, 11) is 1.93. The monoisotopic (exact) mass is 234 g/mol. The molecule has 2 aromatic rings. The van der Waals surface area contributed by atoms with Gasteiger partial charge in [-0.05, 0) is 37.1 Å². The third kappa shape index (κ3) is 1.74. The van der Waals surface area contributed by atoms with Gasteiger partial charge in [0.1, 0.15) is 0 Å². The van der Waals surface area contributed by atoms with E-state index in [2.05, 4.69) is 24.1 Å². The Morgan fingerprint density at radius 2 is 2.12 bits per heavy atom. The van der Waals surface area contributed by atoms with Crippen LogP contribution in [0, 0.1) is 6.92 Å². The maximum atomic E-state index is 6.02. The zero-order valence-corrected chi connectivity index (χ0v) is 10.5. The fourth-order valence-electron chi connectivity index (χ4n) is 2.05. The fourth-order valence-corrected chi connectivity index (χ4v) is 2.22. The third-order valence-electron chi connectivity index (χ3n) is 2.88. The minimum atomic E-state index is 0.745. The van der Waals surface area contributed by atoms with Crippen LogP contribution in [-0.2, 0) is 6.42 Å². The van der Waals surface area contributed by atoms with Crippen LogP contribution in [0.4, 0.5) is 5.69 Å². The van der Waals surface area contributed by atoms with Crippen LogP contribution < -0.4 is 5.32 Å². The topological polar surface area (TPSA) is 24.9 Å². The molecule has 2 nitrogen and oxygen atoms in total. The van der Waals surface area contributed by atoms with Crippen molar-refractivity contribution in [3.8, 4) is 0 Å². The number of nitrogens with one attached hydrogen (secondary N) is 1. The molecule has 0 saturated heterocycles. The van der Waals surface area contributed by atoms with Gasteiger partial charge in [0.2, 0.25) is 0 Å². The van der Waals surface area contributed by atoms with Crippen LogP contribution in [0.1, 0.15) is 18.2 Å². The van der Waals surface area contributed by atoms with Gasteiger partial charge in [-0.15, -0.1) is 0 Å². The highest BCUT2D eigenvalue weighted by atomic mass is 35.5. The summed E-state index contributed by atoms with van der Waals surface area (Å²) < 4.78 is 0. The molecule has 0 atom stereocenters. The lowest BCUT2D eigenvalue weighted by Crippen LogP contribution is -2.00. The molecule has 2 rings (SSSR count). The third-order valence-corrected chi connectivity index (χ3v) is 3.11. The van der Waals surface area contributed by atoms with E-state index < -0.39 is 0 Å². The second-order valence-electron chi connectivity index (χ2n) is 3.82. The molecule has 0 radical (unpaired) electrons. The lowest BCUT2D eigenvalue weighted by Gasteiger charge is -2.13. The number of rotatable bonds is 2. The molecule has 0 saturated carbocycles. The van der Waals surface area contributed by atoms with Gasteiger partial charge in [0.25, 0.3) is 0 Å². The standard InChI is InChI=1S/C13H15ClN2/c1-4-11-8(2)13(15-3)10-7-9(14)5-6-12(10)16-11/h5-7H,4H2,1-3H3,(H,15,16). The van der Waals surface area contributed by atoms with Crippen LogP contribution in [0.5, 0.6) is 0 Å². The average molecular weight is 235 g/mol. The lowest BCUT2D eigenvalue weighted by atomic mass is 10.1. The number of aromatic nitrogens is 1. The molecule has 1 N–H and O–H groups in total. The quantitative estimate of drug-likeness (QED) is 0.855. The highest BCUT2D eigenvalue weighted by Crippen LogP contribution is 2.29.